The Balaban J connectivity index is 0.982. The Bertz CT molecular complexity index is 4240. The van der Waals surface area contributed by atoms with E-state index in [9.17, 15) is 0 Å². The number of nitrogens with zero attached hydrogens (tertiary/aromatic N) is 2. The summed E-state index contributed by atoms with van der Waals surface area (Å²) >= 11 is 0. The van der Waals surface area contributed by atoms with Crippen LogP contribution in [-0.4, -0.2) is 9.97 Å². The average molecular weight is 851 g/mol. The van der Waals surface area contributed by atoms with Gasteiger partial charge in [0.2, 0.25) is 0 Å². The Labute approximate surface area is 388 Å². The van der Waals surface area contributed by atoms with Crippen LogP contribution in [-0.2, 0) is 5.41 Å². The van der Waals surface area contributed by atoms with Crippen molar-refractivity contribution in [3.05, 3.63) is 230 Å². The van der Waals surface area contributed by atoms with E-state index in [1.807, 2.05) is 0 Å². The van der Waals surface area contributed by atoms with E-state index in [0.717, 1.165) is 21.8 Å². The van der Waals surface area contributed by atoms with Gasteiger partial charge >= 0.3 is 0 Å². The Morgan fingerprint density at radius 2 is 0.701 bits per heavy atom. The van der Waals surface area contributed by atoms with E-state index in [2.05, 4.69) is 232 Å². The molecule has 2 heteroatoms. The lowest BCUT2D eigenvalue weighted by Gasteiger charge is -2.24. The van der Waals surface area contributed by atoms with Crippen LogP contribution in [0.2, 0.25) is 0 Å². The van der Waals surface area contributed by atoms with Crippen molar-refractivity contribution < 1.29 is 0 Å². The molecule has 0 saturated heterocycles. The molecule has 2 aromatic heterocycles. The van der Waals surface area contributed by atoms with E-state index < -0.39 is 0 Å². The maximum atomic E-state index is 5.14. The van der Waals surface area contributed by atoms with Crippen LogP contribution in [0, 0.1) is 0 Å². The van der Waals surface area contributed by atoms with Gasteiger partial charge in [0.15, 0.2) is 0 Å². The first-order valence-corrected chi connectivity index (χ1v) is 23.3. The second-order valence-corrected chi connectivity index (χ2v) is 18.8. The molecule has 0 atom stereocenters. The summed E-state index contributed by atoms with van der Waals surface area (Å²) in [6.07, 6.45) is 4.24. The standard InChI is InChI=1S/C65H42N2/c1-65(2)55-35-43(59-47-20-8-10-22-49(47)61(40-17-4-3-5-18-40)63-51-24-12-14-26-57(51)66-37-53(59)63)30-32-45(55)46-33-31-44(36-56(46)65)60-48-21-9-11-23-50(48)62(42-29-28-39-16-6-7-19-41(39)34-42)64-52-25-13-15-27-58(52)67-38-54(60)64/h3-38H,1-2H3. The van der Waals surface area contributed by atoms with Gasteiger partial charge in [-0.2, -0.15) is 0 Å². The molecule has 14 rings (SSSR count). The minimum Gasteiger partial charge on any atom is -0.256 e. The molecule has 0 bridgehead atoms. The molecule has 312 valence electrons. The summed E-state index contributed by atoms with van der Waals surface area (Å²) in [6, 6.07) is 76.0. The fourth-order valence-electron chi connectivity index (χ4n) is 11.8. The first-order chi connectivity index (χ1) is 33.0. The Kier molecular flexibility index (Phi) is 8.06. The van der Waals surface area contributed by atoms with E-state index in [1.165, 1.54) is 121 Å². The minimum atomic E-state index is -0.279. The Morgan fingerprint density at radius 3 is 1.24 bits per heavy atom. The number of fused-ring (bicyclic) bond motifs is 12. The van der Waals surface area contributed by atoms with Crippen LogP contribution in [0.15, 0.2) is 219 Å². The molecule has 0 saturated carbocycles. The van der Waals surface area contributed by atoms with Crippen molar-refractivity contribution in [1.82, 2.24) is 9.97 Å². The maximum absolute atomic E-state index is 5.14. The lowest BCUT2D eigenvalue weighted by Crippen LogP contribution is -2.15. The molecule has 67 heavy (non-hydrogen) atoms. The number of para-hydroxylation sites is 2. The normalized spacial score (nSPS) is 13.0. The van der Waals surface area contributed by atoms with Gasteiger partial charge in [0.05, 0.1) is 11.0 Å². The first-order valence-electron chi connectivity index (χ1n) is 23.3. The molecule has 0 radical (unpaired) electrons. The topological polar surface area (TPSA) is 25.8 Å². The highest BCUT2D eigenvalue weighted by Crippen LogP contribution is 2.54. The van der Waals surface area contributed by atoms with Gasteiger partial charge in [0.1, 0.15) is 0 Å². The van der Waals surface area contributed by atoms with Crippen molar-refractivity contribution in [2.45, 2.75) is 19.3 Å². The zero-order valence-electron chi connectivity index (χ0n) is 37.2. The van der Waals surface area contributed by atoms with Gasteiger partial charge < -0.3 is 0 Å². The summed E-state index contributed by atoms with van der Waals surface area (Å²) in [7, 11) is 0. The van der Waals surface area contributed by atoms with Crippen molar-refractivity contribution in [3.63, 3.8) is 0 Å². The third kappa shape index (κ3) is 5.51. The minimum absolute atomic E-state index is 0.279. The predicted molar refractivity (Wildman–Crippen MR) is 284 cm³/mol. The number of hydrogen-bond donors (Lipinski definition) is 0. The SMILES string of the molecule is CC1(C)c2cc(-c3c4ccccc4c(-c4ccccc4)c4c3cnc3ccccc34)ccc2-c2ccc(-c3c4ccccc4c(-c4ccc5ccccc5c4)c4c3cnc3ccccc34)cc21. The lowest BCUT2D eigenvalue weighted by atomic mass is 9.79. The van der Waals surface area contributed by atoms with Crippen molar-refractivity contribution in [3.8, 4) is 55.6 Å². The predicted octanol–water partition coefficient (Wildman–Crippen LogP) is 17.5. The van der Waals surface area contributed by atoms with E-state index in [0.29, 0.717) is 0 Å². The molecule has 0 N–H and O–H groups in total. The van der Waals surface area contributed by atoms with E-state index in [-0.39, 0.29) is 5.41 Å². The molecule has 11 aromatic carbocycles. The van der Waals surface area contributed by atoms with Gasteiger partial charge in [-0.25, -0.2) is 0 Å². The summed E-state index contributed by atoms with van der Waals surface area (Å²) in [5.41, 5.74) is 16.8. The third-order valence-corrected chi connectivity index (χ3v) is 14.9. The van der Waals surface area contributed by atoms with Crippen LogP contribution >= 0.6 is 0 Å². The number of pyridine rings is 2. The molecule has 0 aliphatic heterocycles. The molecule has 2 nitrogen and oxygen atoms in total. The molecule has 0 unspecified atom stereocenters. The molecular weight excluding hydrogens is 809 g/mol. The smallest absolute Gasteiger partial charge is 0.0708 e. The van der Waals surface area contributed by atoms with Gasteiger partial charge in [0.25, 0.3) is 0 Å². The largest absolute Gasteiger partial charge is 0.256 e. The van der Waals surface area contributed by atoms with Crippen LogP contribution in [0.1, 0.15) is 25.0 Å². The lowest BCUT2D eigenvalue weighted by molar-refractivity contribution is 0.661. The summed E-state index contributed by atoms with van der Waals surface area (Å²) in [4.78, 5) is 10.2. The Hall–Kier alpha value is -8.46. The summed E-state index contributed by atoms with van der Waals surface area (Å²) in [6.45, 7) is 4.81. The maximum Gasteiger partial charge on any atom is 0.0708 e. The molecule has 2 heterocycles. The fraction of sp³-hybridized carbons (Fsp3) is 0.0462. The van der Waals surface area contributed by atoms with Gasteiger partial charge in [-0.15, -0.1) is 0 Å². The second kappa shape index (κ2) is 14.3. The van der Waals surface area contributed by atoms with Crippen LogP contribution in [0.25, 0.3) is 131 Å². The average Bonchev–Trinajstić information content (AvgIpc) is 3.61. The number of rotatable bonds is 4. The number of benzene rings is 11. The van der Waals surface area contributed by atoms with E-state index >= 15 is 0 Å². The van der Waals surface area contributed by atoms with Crippen LogP contribution in [0.5, 0.6) is 0 Å². The fourth-order valence-corrected chi connectivity index (χ4v) is 11.8. The van der Waals surface area contributed by atoms with Gasteiger partial charge in [-0.3, -0.25) is 9.97 Å². The number of aromatic nitrogens is 2. The van der Waals surface area contributed by atoms with Crippen molar-refractivity contribution in [2.75, 3.05) is 0 Å². The zero-order chi connectivity index (χ0) is 44.4. The third-order valence-electron chi connectivity index (χ3n) is 14.9. The highest BCUT2D eigenvalue weighted by atomic mass is 14.7. The van der Waals surface area contributed by atoms with Crippen molar-refractivity contribution in [1.29, 1.82) is 0 Å². The van der Waals surface area contributed by atoms with Gasteiger partial charge in [-0.05, 0) is 129 Å². The molecule has 1 aliphatic carbocycles. The van der Waals surface area contributed by atoms with E-state index in [1.54, 1.807) is 0 Å². The van der Waals surface area contributed by atoms with E-state index in [4.69, 9.17) is 9.97 Å². The quantitative estimate of drug-likeness (QED) is 0.130. The molecule has 0 fully saturated rings. The first kappa shape index (κ1) is 37.9. The molecule has 0 spiro atoms. The molecular formula is C65H42N2. The highest BCUT2D eigenvalue weighted by molar-refractivity contribution is 6.29. The van der Waals surface area contributed by atoms with Crippen LogP contribution in [0.3, 0.4) is 0 Å². The second-order valence-electron chi connectivity index (χ2n) is 18.8. The van der Waals surface area contributed by atoms with Crippen LogP contribution < -0.4 is 0 Å². The highest BCUT2D eigenvalue weighted by Gasteiger charge is 2.36. The molecule has 1 aliphatic rings. The monoisotopic (exact) mass is 850 g/mol. The summed E-state index contributed by atoms with van der Waals surface area (Å²) in [5, 5.41) is 14.6. The van der Waals surface area contributed by atoms with Crippen molar-refractivity contribution >= 4 is 75.7 Å². The zero-order valence-corrected chi connectivity index (χ0v) is 37.2. The van der Waals surface area contributed by atoms with Gasteiger partial charge in [-0.1, -0.05) is 190 Å². The summed E-state index contributed by atoms with van der Waals surface area (Å²) < 4.78 is 0. The molecule has 0 amide bonds. The van der Waals surface area contributed by atoms with Crippen molar-refractivity contribution in [2.24, 2.45) is 0 Å². The number of hydrogen-bond acceptors (Lipinski definition) is 2. The summed E-state index contributed by atoms with van der Waals surface area (Å²) in [5.74, 6) is 0. The van der Waals surface area contributed by atoms with Gasteiger partial charge in [0, 0.05) is 50.1 Å². The van der Waals surface area contributed by atoms with Crippen LogP contribution in [0.4, 0.5) is 0 Å². The Morgan fingerprint density at radius 1 is 0.299 bits per heavy atom. The molecule has 13 aromatic rings.